The zero-order chi connectivity index (χ0) is 34.0. The van der Waals surface area contributed by atoms with Crippen LogP contribution in [0.1, 0.15) is 40.8 Å². The second-order valence-corrected chi connectivity index (χ2v) is 13.0. The van der Waals surface area contributed by atoms with Crippen LogP contribution in [0.5, 0.6) is 0 Å². The van der Waals surface area contributed by atoms with Gasteiger partial charge in [0.1, 0.15) is 24.3 Å². The highest BCUT2D eigenvalue weighted by molar-refractivity contribution is 6.00. The van der Waals surface area contributed by atoms with Gasteiger partial charge in [0.25, 0.3) is 0 Å². The third-order valence-corrected chi connectivity index (χ3v) is 9.72. The van der Waals surface area contributed by atoms with Gasteiger partial charge in [0, 0.05) is 11.3 Å². The van der Waals surface area contributed by atoms with Crippen molar-refractivity contribution in [1.82, 2.24) is 10.6 Å². The molecule has 5 nitrogen and oxygen atoms in total. The van der Waals surface area contributed by atoms with Crippen LogP contribution in [0.15, 0.2) is 193 Å². The summed E-state index contributed by atoms with van der Waals surface area (Å²) < 4.78 is 0. The molecule has 2 aliphatic rings. The molecule has 0 saturated carbocycles. The van der Waals surface area contributed by atoms with Crippen LogP contribution in [-0.4, -0.2) is 5.84 Å². The molecule has 0 radical (unpaired) electrons. The summed E-state index contributed by atoms with van der Waals surface area (Å²) in [6.07, 6.45) is -0.540. The molecule has 0 saturated heterocycles. The van der Waals surface area contributed by atoms with Crippen LogP contribution in [0.25, 0.3) is 22.3 Å². The Morgan fingerprint density at radius 2 is 1.00 bits per heavy atom. The highest BCUT2D eigenvalue weighted by Crippen LogP contribution is 2.46. The minimum absolute atomic E-state index is 0.0733. The van der Waals surface area contributed by atoms with E-state index in [2.05, 4.69) is 209 Å². The van der Waals surface area contributed by atoms with E-state index in [1.54, 1.807) is 0 Å². The number of para-hydroxylation sites is 3. The number of amidine groups is 1. The Hall–Kier alpha value is -6.43. The molecule has 246 valence electrons. The highest BCUT2D eigenvalue weighted by atomic mass is 15.3. The summed E-state index contributed by atoms with van der Waals surface area (Å²) in [5.41, 5.74) is 12.6. The molecule has 0 spiro atoms. The standard InChI is InChI=1S/C46H37N5/c1-4-15-32(16-5-1)34-19-12-21-36(29-34)43-48-44(37-22-13-20-35(30-37)33-17-6-2-7-18-33)50-45(49-43)38-23-14-24-39(31-38)46-47-41-27-10-11-28-42(41)51(46)40-25-8-3-9-26-40/h1-31,43,45-47,49H,(H,48,50). The van der Waals surface area contributed by atoms with E-state index in [-0.39, 0.29) is 18.5 Å². The van der Waals surface area contributed by atoms with Crippen molar-refractivity contribution in [2.45, 2.75) is 18.5 Å². The fourth-order valence-corrected chi connectivity index (χ4v) is 7.22. The molecule has 3 atom stereocenters. The van der Waals surface area contributed by atoms with Crippen molar-refractivity contribution in [1.29, 1.82) is 0 Å². The third kappa shape index (κ3) is 6.16. The molecule has 0 aromatic heterocycles. The molecule has 0 amide bonds. The molecule has 2 heterocycles. The van der Waals surface area contributed by atoms with Crippen LogP contribution >= 0.6 is 0 Å². The Labute approximate surface area is 299 Å². The van der Waals surface area contributed by atoms with Crippen molar-refractivity contribution in [3.63, 3.8) is 0 Å². The smallest absolute Gasteiger partial charge is 0.131 e. The lowest BCUT2D eigenvalue weighted by atomic mass is 9.99. The molecule has 3 N–H and O–H groups in total. The first-order chi connectivity index (χ1) is 25.3. The summed E-state index contributed by atoms with van der Waals surface area (Å²) in [4.78, 5) is 7.74. The number of rotatable bonds is 7. The van der Waals surface area contributed by atoms with Gasteiger partial charge in [-0.15, -0.1) is 0 Å². The molecular weight excluding hydrogens is 623 g/mol. The number of nitrogens with one attached hydrogen (secondary N) is 3. The summed E-state index contributed by atoms with van der Waals surface area (Å²) >= 11 is 0. The molecule has 0 bridgehead atoms. The van der Waals surface area contributed by atoms with E-state index in [0.717, 1.165) is 45.2 Å². The first kappa shape index (κ1) is 30.6. The topological polar surface area (TPSA) is 51.7 Å². The number of aliphatic imine (C=N–C) groups is 1. The largest absolute Gasteiger partial charge is 0.359 e. The molecule has 2 aliphatic heterocycles. The molecule has 51 heavy (non-hydrogen) atoms. The van der Waals surface area contributed by atoms with Gasteiger partial charge in [0.2, 0.25) is 0 Å². The normalized spacial score (nSPS) is 17.9. The van der Waals surface area contributed by atoms with Gasteiger partial charge in [-0.25, -0.2) is 4.99 Å². The summed E-state index contributed by atoms with van der Waals surface area (Å²) in [7, 11) is 0. The van der Waals surface area contributed by atoms with Gasteiger partial charge in [0.15, 0.2) is 0 Å². The number of benzene rings is 7. The maximum atomic E-state index is 5.36. The average Bonchev–Trinajstić information content (AvgIpc) is 3.62. The Balaban J connectivity index is 1.11. The number of nitrogens with zero attached hydrogens (tertiary/aromatic N) is 2. The molecule has 7 aromatic carbocycles. The predicted octanol–water partition coefficient (Wildman–Crippen LogP) is 10.6. The lowest BCUT2D eigenvalue weighted by molar-refractivity contribution is 0.409. The predicted molar refractivity (Wildman–Crippen MR) is 210 cm³/mol. The van der Waals surface area contributed by atoms with E-state index < -0.39 is 0 Å². The number of hydrogen-bond donors (Lipinski definition) is 3. The fraction of sp³-hybridized carbons (Fsp3) is 0.0652. The van der Waals surface area contributed by atoms with Crippen LogP contribution in [-0.2, 0) is 0 Å². The first-order valence-electron chi connectivity index (χ1n) is 17.5. The quantitative estimate of drug-likeness (QED) is 0.159. The van der Waals surface area contributed by atoms with Crippen LogP contribution in [0.2, 0.25) is 0 Å². The lowest BCUT2D eigenvalue weighted by Crippen LogP contribution is -2.45. The average molecular weight is 660 g/mol. The monoisotopic (exact) mass is 659 g/mol. The molecule has 3 unspecified atom stereocenters. The van der Waals surface area contributed by atoms with Gasteiger partial charge in [-0.1, -0.05) is 146 Å². The van der Waals surface area contributed by atoms with E-state index in [0.29, 0.717) is 0 Å². The maximum Gasteiger partial charge on any atom is 0.131 e. The molecule has 5 heteroatoms. The molecule has 0 fully saturated rings. The van der Waals surface area contributed by atoms with E-state index in [9.17, 15) is 0 Å². The van der Waals surface area contributed by atoms with Gasteiger partial charge in [0.05, 0.1) is 11.4 Å². The molecular formula is C46H37N5. The van der Waals surface area contributed by atoms with Crippen LogP contribution in [0.3, 0.4) is 0 Å². The second-order valence-electron chi connectivity index (χ2n) is 13.0. The van der Waals surface area contributed by atoms with Gasteiger partial charge in [-0.2, -0.15) is 0 Å². The van der Waals surface area contributed by atoms with E-state index in [1.165, 1.54) is 22.3 Å². The van der Waals surface area contributed by atoms with E-state index in [4.69, 9.17) is 4.99 Å². The van der Waals surface area contributed by atoms with E-state index >= 15 is 0 Å². The highest BCUT2D eigenvalue weighted by Gasteiger charge is 2.32. The van der Waals surface area contributed by atoms with Gasteiger partial charge >= 0.3 is 0 Å². The van der Waals surface area contributed by atoms with Gasteiger partial charge in [-0.05, 0) is 81.4 Å². The van der Waals surface area contributed by atoms with E-state index in [1.807, 2.05) is 0 Å². The van der Waals surface area contributed by atoms with Gasteiger partial charge in [-0.3, -0.25) is 5.32 Å². The van der Waals surface area contributed by atoms with Crippen molar-refractivity contribution in [3.05, 3.63) is 210 Å². The molecule has 9 rings (SSSR count). The van der Waals surface area contributed by atoms with Gasteiger partial charge < -0.3 is 15.5 Å². The zero-order valence-corrected chi connectivity index (χ0v) is 28.0. The van der Waals surface area contributed by atoms with Crippen molar-refractivity contribution < 1.29 is 0 Å². The Bertz CT molecular complexity index is 2320. The Kier molecular flexibility index (Phi) is 8.08. The van der Waals surface area contributed by atoms with Crippen LogP contribution < -0.4 is 20.9 Å². The Morgan fingerprint density at radius 3 is 1.76 bits per heavy atom. The van der Waals surface area contributed by atoms with Crippen molar-refractivity contribution in [2.24, 2.45) is 4.99 Å². The Morgan fingerprint density at radius 1 is 0.431 bits per heavy atom. The third-order valence-electron chi connectivity index (χ3n) is 9.72. The number of fused-ring (bicyclic) bond motifs is 1. The first-order valence-corrected chi connectivity index (χ1v) is 17.5. The number of anilines is 3. The summed E-state index contributed by atoms with van der Waals surface area (Å²) in [6.45, 7) is 0. The lowest BCUT2D eigenvalue weighted by Gasteiger charge is -2.33. The summed E-state index contributed by atoms with van der Waals surface area (Å²) in [5, 5.41) is 11.4. The maximum absolute atomic E-state index is 5.36. The molecule has 0 aliphatic carbocycles. The minimum Gasteiger partial charge on any atom is -0.359 e. The number of hydrogen-bond acceptors (Lipinski definition) is 5. The summed E-state index contributed by atoms with van der Waals surface area (Å²) in [6, 6.07) is 66.4. The van der Waals surface area contributed by atoms with Crippen molar-refractivity contribution in [3.8, 4) is 22.3 Å². The minimum atomic E-state index is -0.291. The fourth-order valence-electron chi connectivity index (χ4n) is 7.22. The van der Waals surface area contributed by atoms with Crippen LogP contribution in [0, 0.1) is 0 Å². The SMILES string of the molecule is c1ccc(-c2cccc(C3=NC(c4cccc(C5Nc6ccccc6N5c5ccccc5)c4)NC(c4cccc(-c5ccccc5)c4)N3)c2)cc1. The zero-order valence-electron chi connectivity index (χ0n) is 28.0. The van der Waals surface area contributed by atoms with Crippen molar-refractivity contribution in [2.75, 3.05) is 10.2 Å². The summed E-state index contributed by atoms with van der Waals surface area (Å²) in [5.74, 6) is 0.856. The molecule has 7 aromatic rings. The second kappa shape index (κ2) is 13.5. The van der Waals surface area contributed by atoms with Crippen LogP contribution in [0.4, 0.5) is 17.1 Å². The van der Waals surface area contributed by atoms with Crippen molar-refractivity contribution >= 4 is 22.9 Å².